The van der Waals surface area contributed by atoms with Crippen LogP contribution in [0.3, 0.4) is 0 Å². The van der Waals surface area contributed by atoms with Gasteiger partial charge in [0.1, 0.15) is 0 Å². The second-order valence-corrected chi connectivity index (χ2v) is 4.31. The Hall–Kier alpha value is -1.47. The number of fused-ring (bicyclic) bond motifs is 1. The van der Waals surface area contributed by atoms with Gasteiger partial charge in [0.2, 0.25) is 0 Å². The van der Waals surface area contributed by atoms with Gasteiger partial charge in [0.15, 0.2) is 0 Å². The van der Waals surface area contributed by atoms with E-state index in [1.165, 1.54) is 0 Å². The molecule has 0 aromatic carbocycles. The molecule has 0 amide bonds. The first-order chi connectivity index (χ1) is 8.74. The molecule has 2 aromatic rings. The lowest BCUT2D eigenvalue weighted by Crippen LogP contribution is -2.54. The number of aromatic nitrogens is 2. The molecule has 6 heteroatoms. The van der Waals surface area contributed by atoms with Gasteiger partial charge >= 0.3 is 0 Å². The Balaban J connectivity index is 2.14. The first kappa shape index (κ1) is 13.0. The van der Waals surface area contributed by atoms with E-state index in [-0.39, 0.29) is 19.8 Å². The number of aliphatic hydroxyl groups is 3. The number of rotatable bonds is 6. The van der Waals surface area contributed by atoms with Crippen molar-refractivity contribution in [1.29, 1.82) is 0 Å². The highest BCUT2D eigenvalue weighted by molar-refractivity contribution is 5.53. The minimum atomic E-state index is -1.07. The predicted octanol–water partition coefficient (Wildman–Crippen LogP) is -0.860. The molecule has 0 spiro atoms. The maximum Gasteiger partial charge on any atom is 0.0884 e. The number of aliphatic hydroxyl groups excluding tert-OH is 3. The normalized spacial score (nSPS) is 12.2. The summed E-state index contributed by atoms with van der Waals surface area (Å²) >= 11 is 0. The number of nitrogens with zero attached hydrogens (tertiary/aromatic N) is 2. The van der Waals surface area contributed by atoms with Crippen molar-refractivity contribution in [2.45, 2.75) is 12.1 Å². The SMILES string of the molecule is OCC(CO)(CO)NCc1cnn2ccccc12. The molecule has 0 radical (unpaired) electrons. The van der Waals surface area contributed by atoms with Crippen molar-refractivity contribution in [2.75, 3.05) is 19.8 Å². The van der Waals surface area contributed by atoms with E-state index in [9.17, 15) is 15.3 Å². The zero-order valence-electron chi connectivity index (χ0n) is 9.95. The molecular formula is C12H17N3O3. The number of nitrogens with one attached hydrogen (secondary N) is 1. The van der Waals surface area contributed by atoms with Crippen molar-refractivity contribution >= 4 is 5.52 Å². The highest BCUT2D eigenvalue weighted by Crippen LogP contribution is 2.11. The Morgan fingerprint density at radius 1 is 1.17 bits per heavy atom. The van der Waals surface area contributed by atoms with E-state index in [0.717, 1.165) is 11.1 Å². The standard InChI is InChI=1S/C12H17N3O3/c16-7-12(8-17,9-18)13-5-10-6-14-15-4-2-1-3-11(10)15/h1-4,6,13,16-18H,5,7-9H2. The van der Waals surface area contributed by atoms with Gasteiger partial charge in [0.05, 0.1) is 37.1 Å². The van der Waals surface area contributed by atoms with Gasteiger partial charge in [-0.15, -0.1) is 0 Å². The van der Waals surface area contributed by atoms with Crippen molar-refractivity contribution in [3.05, 3.63) is 36.2 Å². The third-order valence-electron chi connectivity index (χ3n) is 3.07. The van der Waals surface area contributed by atoms with Crippen LogP contribution in [0, 0.1) is 0 Å². The summed E-state index contributed by atoms with van der Waals surface area (Å²) in [6.45, 7) is -0.590. The van der Waals surface area contributed by atoms with Gasteiger partial charge in [0, 0.05) is 18.3 Å². The van der Waals surface area contributed by atoms with Crippen LogP contribution in [0.1, 0.15) is 5.56 Å². The van der Waals surface area contributed by atoms with E-state index in [1.807, 2.05) is 24.4 Å². The Bertz CT molecular complexity index is 500. The molecule has 0 bridgehead atoms. The highest BCUT2D eigenvalue weighted by Gasteiger charge is 2.27. The summed E-state index contributed by atoms with van der Waals surface area (Å²) in [7, 11) is 0. The van der Waals surface area contributed by atoms with Crippen LogP contribution in [0.15, 0.2) is 30.6 Å². The van der Waals surface area contributed by atoms with Gasteiger partial charge in [-0.25, -0.2) is 4.52 Å². The predicted molar refractivity (Wildman–Crippen MR) is 66.0 cm³/mol. The smallest absolute Gasteiger partial charge is 0.0884 e. The van der Waals surface area contributed by atoms with Gasteiger partial charge < -0.3 is 20.6 Å². The molecule has 98 valence electrons. The summed E-state index contributed by atoms with van der Waals surface area (Å²) < 4.78 is 1.75. The number of pyridine rings is 1. The molecule has 0 unspecified atom stereocenters. The molecular weight excluding hydrogens is 234 g/mol. The fraction of sp³-hybridized carbons (Fsp3) is 0.417. The summed E-state index contributed by atoms with van der Waals surface area (Å²) in [6.07, 6.45) is 3.56. The molecule has 2 heterocycles. The monoisotopic (exact) mass is 251 g/mol. The Morgan fingerprint density at radius 2 is 1.89 bits per heavy atom. The van der Waals surface area contributed by atoms with Crippen molar-refractivity contribution in [1.82, 2.24) is 14.9 Å². The molecule has 0 saturated carbocycles. The van der Waals surface area contributed by atoms with Crippen LogP contribution in [-0.2, 0) is 6.54 Å². The molecule has 0 atom stereocenters. The first-order valence-corrected chi connectivity index (χ1v) is 5.73. The molecule has 0 saturated heterocycles. The molecule has 6 nitrogen and oxygen atoms in total. The van der Waals surface area contributed by atoms with E-state index in [4.69, 9.17) is 0 Å². The molecule has 0 aliphatic rings. The average molecular weight is 251 g/mol. The third-order valence-corrected chi connectivity index (χ3v) is 3.07. The lowest BCUT2D eigenvalue weighted by atomic mass is 10.0. The van der Waals surface area contributed by atoms with Gasteiger partial charge in [-0.1, -0.05) is 6.07 Å². The van der Waals surface area contributed by atoms with Crippen molar-refractivity contribution in [3.8, 4) is 0 Å². The summed E-state index contributed by atoms with van der Waals surface area (Å²) in [4.78, 5) is 0. The second-order valence-electron chi connectivity index (χ2n) is 4.31. The van der Waals surface area contributed by atoms with E-state index in [2.05, 4.69) is 10.4 Å². The van der Waals surface area contributed by atoms with Gasteiger partial charge in [-0.3, -0.25) is 0 Å². The lowest BCUT2D eigenvalue weighted by Gasteiger charge is -2.28. The average Bonchev–Trinajstić information content (AvgIpc) is 2.85. The second kappa shape index (κ2) is 5.45. The highest BCUT2D eigenvalue weighted by atomic mass is 16.3. The van der Waals surface area contributed by atoms with Crippen molar-refractivity contribution in [2.24, 2.45) is 0 Å². The zero-order chi connectivity index (χ0) is 13.0. The minimum absolute atomic E-state index is 0.334. The van der Waals surface area contributed by atoms with E-state index < -0.39 is 5.54 Å². The van der Waals surface area contributed by atoms with Crippen LogP contribution in [0.5, 0.6) is 0 Å². The largest absolute Gasteiger partial charge is 0.394 e. The van der Waals surface area contributed by atoms with Crippen LogP contribution >= 0.6 is 0 Å². The van der Waals surface area contributed by atoms with Gasteiger partial charge in [0.25, 0.3) is 0 Å². The van der Waals surface area contributed by atoms with Gasteiger partial charge in [-0.05, 0) is 12.1 Å². The Kier molecular flexibility index (Phi) is 3.93. The van der Waals surface area contributed by atoms with Crippen LogP contribution in [0.4, 0.5) is 0 Å². The van der Waals surface area contributed by atoms with Gasteiger partial charge in [-0.2, -0.15) is 5.10 Å². The fourth-order valence-corrected chi connectivity index (χ4v) is 1.72. The Morgan fingerprint density at radius 3 is 2.56 bits per heavy atom. The van der Waals surface area contributed by atoms with E-state index >= 15 is 0 Å². The molecule has 0 aliphatic carbocycles. The molecule has 2 aromatic heterocycles. The fourth-order valence-electron chi connectivity index (χ4n) is 1.72. The topological polar surface area (TPSA) is 90.0 Å². The maximum atomic E-state index is 9.22. The molecule has 18 heavy (non-hydrogen) atoms. The van der Waals surface area contributed by atoms with E-state index in [1.54, 1.807) is 10.7 Å². The minimum Gasteiger partial charge on any atom is -0.394 e. The molecule has 2 rings (SSSR count). The molecule has 4 N–H and O–H groups in total. The van der Waals surface area contributed by atoms with E-state index in [0.29, 0.717) is 6.54 Å². The summed E-state index contributed by atoms with van der Waals surface area (Å²) in [6, 6.07) is 5.73. The summed E-state index contributed by atoms with van der Waals surface area (Å²) in [5.41, 5.74) is 0.825. The van der Waals surface area contributed by atoms with Crippen molar-refractivity contribution < 1.29 is 15.3 Å². The summed E-state index contributed by atoms with van der Waals surface area (Å²) in [5, 5.41) is 34.8. The van der Waals surface area contributed by atoms with Crippen LogP contribution < -0.4 is 5.32 Å². The third kappa shape index (κ3) is 2.37. The van der Waals surface area contributed by atoms with Crippen LogP contribution in [0.25, 0.3) is 5.52 Å². The summed E-state index contributed by atoms with van der Waals surface area (Å²) in [5.74, 6) is 0. The molecule has 0 aliphatic heterocycles. The van der Waals surface area contributed by atoms with Crippen LogP contribution in [0.2, 0.25) is 0 Å². The number of hydrogen-bond acceptors (Lipinski definition) is 5. The quantitative estimate of drug-likeness (QED) is 0.536. The first-order valence-electron chi connectivity index (χ1n) is 5.73. The van der Waals surface area contributed by atoms with Crippen molar-refractivity contribution in [3.63, 3.8) is 0 Å². The maximum absolute atomic E-state index is 9.22. The Labute approximate surface area is 104 Å². The lowest BCUT2D eigenvalue weighted by molar-refractivity contribution is 0.0414. The van der Waals surface area contributed by atoms with Crippen LogP contribution in [-0.4, -0.2) is 50.3 Å². The zero-order valence-corrected chi connectivity index (χ0v) is 9.95. The molecule has 0 fully saturated rings. The number of hydrogen-bond donors (Lipinski definition) is 4.